The predicted molar refractivity (Wildman–Crippen MR) is 75.8 cm³/mol. The Hall–Kier alpha value is -0.740. The number of hydrogen-bond donors (Lipinski definition) is 1. The first-order chi connectivity index (χ1) is 8.20. The summed E-state index contributed by atoms with van der Waals surface area (Å²) in [6.45, 7) is 6.68. The Labute approximate surface area is 108 Å². The number of rotatable bonds is 3. The summed E-state index contributed by atoms with van der Waals surface area (Å²) in [5, 5.41) is 3.97. The summed E-state index contributed by atoms with van der Waals surface area (Å²) < 4.78 is 0. The van der Waals surface area contributed by atoms with E-state index in [1.165, 1.54) is 11.3 Å². The molecule has 0 radical (unpaired) electrons. The van der Waals surface area contributed by atoms with Crippen LogP contribution < -0.4 is 10.2 Å². The Morgan fingerprint density at radius 1 is 1.59 bits per heavy atom. The zero-order valence-corrected chi connectivity index (χ0v) is 11.6. The van der Waals surface area contributed by atoms with Gasteiger partial charge in [0.05, 0.1) is 0 Å². The predicted octanol–water partition coefficient (Wildman–Crippen LogP) is 2.30. The maximum atomic E-state index is 4.50. The molecule has 2 atom stereocenters. The molecule has 1 saturated heterocycles. The van der Waals surface area contributed by atoms with E-state index in [9.17, 15) is 0 Å². The minimum atomic E-state index is 0.383. The average molecular weight is 251 g/mol. The van der Waals surface area contributed by atoms with Crippen LogP contribution in [0.3, 0.4) is 0 Å². The lowest BCUT2D eigenvalue weighted by atomic mass is 10.1. The monoisotopic (exact) mass is 251 g/mol. The second kappa shape index (κ2) is 5.74. The van der Waals surface area contributed by atoms with Gasteiger partial charge in [0.25, 0.3) is 0 Å². The quantitative estimate of drug-likeness (QED) is 0.892. The molecule has 0 bridgehead atoms. The second-order valence-electron chi connectivity index (χ2n) is 4.59. The van der Waals surface area contributed by atoms with Crippen LogP contribution in [-0.4, -0.2) is 36.1 Å². The van der Waals surface area contributed by atoms with Crippen molar-refractivity contribution in [3.8, 4) is 0 Å². The minimum Gasteiger partial charge on any atom is -0.355 e. The lowest BCUT2D eigenvalue weighted by Gasteiger charge is -2.31. The molecule has 17 heavy (non-hydrogen) atoms. The number of thioether (sulfide) groups is 1. The SMILES string of the molecule is CNC(C)c1ccnc(N2CCSC(C)C2)c1. The fourth-order valence-electron chi connectivity index (χ4n) is 2.07. The smallest absolute Gasteiger partial charge is 0.128 e. The summed E-state index contributed by atoms with van der Waals surface area (Å²) in [4.78, 5) is 6.90. The summed E-state index contributed by atoms with van der Waals surface area (Å²) in [7, 11) is 1.99. The van der Waals surface area contributed by atoms with Crippen molar-refractivity contribution in [2.24, 2.45) is 0 Å². The summed E-state index contributed by atoms with van der Waals surface area (Å²) in [5.41, 5.74) is 1.31. The van der Waals surface area contributed by atoms with Crippen LogP contribution in [0.5, 0.6) is 0 Å². The van der Waals surface area contributed by atoms with Crippen molar-refractivity contribution in [1.29, 1.82) is 0 Å². The van der Waals surface area contributed by atoms with Crippen molar-refractivity contribution in [3.63, 3.8) is 0 Å². The molecular formula is C13H21N3S. The standard InChI is InChI=1S/C13H21N3S/c1-10-9-16(6-7-17-10)13-8-12(4-5-15-13)11(2)14-3/h4-5,8,10-11,14H,6-7,9H2,1-3H3. The highest BCUT2D eigenvalue weighted by Gasteiger charge is 2.18. The molecule has 0 spiro atoms. The number of aromatic nitrogens is 1. The zero-order chi connectivity index (χ0) is 12.3. The summed E-state index contributed by atoms with van der Waals surface area (Å²) in [6, 6.07) is 4.68. The summed E-state index contributed by atoms with van der Waals surface area (Å²) in [6.07, 6.45) is 1.92. The summed E-state index contributed by atoms with van der Waals surface area (Å²) in [5.74, 6) is 2.33. The summed E-state index contributed by atoms with van der Waals surface area (Å²) >= 11 is 2.05. The van der Waals surface area contributed by atoms with Crippen molar-refractivity contribution in [1.82, 2.24) is 10.3 Å². The van der Waals surface area contributed by atoms with E-state index >= 15 is 0 Å². The minimum absolute atomic E-state index is 0.383. The number of nitrogens with zero attached hydrogens (tertiary/aromatic N) is 2. The van der Waals surface area contributed by atoms with Gasteiger partial charge in [0, 0.05) is 36.3 Å². The highest BCUT2D eigenvalue weighted by atomic mass is 32.2. The van der Waals surface area contributed by atoms with E-state index in [0.717, 1.165) is 18.9 Å². The molecule has 3 nitrogen and oxygen atoms in total. The van der Waals surface area contributed by atoms with Gasteiger partial charge in [0.1, 0.15) is 5.82 Å². The Kier molecular flexibility index (Phi) is 4.29. The molecule has 2 heterocycles. The number of anilines is 1. The van der Waals surface area contributed by atoms with Crippen LogP contribution in [0.2, 0.25) is 0 Å². The lowest BCUT2D eigenvalue weighted by Crippen LogP contribution is -2.37. The van der Waals surface area contributed by atoms with Gasteiger partial charge < -0.3 is 10.2 Å². The van der Waals surface area contributed by atoms with Gasteiger partial charge >= 0.3 is 0 Å². The molecule has 0 saturated carbocycles. The Balaban J connectivity index is 2.15. The van der Waals surface area contributed by atoms with Crippen LogP contribution in [0.15, 0.2) is 18.3 Å². The topological polar surface area (TPSA) is 28.2 Å². The Morgan fingerprint density at radius 2 is 2.41 bits per heavy atom. The maximum absolute atomic E-state index is 4.50. The lowest BCUT2D eigenvalue weighted by molar-refractivity contribution is 0.650. The van der Waals surface area contributed by atoms with Gasteiger partial charge in [-0.3, -0.25) is 0 Å². The van der Waals surface area contributed by atoms with Crippen LogP contribution in [0.25, 0.3) is 0 Å². The Bertz CT molecular complexity index is 369. The molecule has 2 unspecified atom stereocenters. The molecule has 2 rings (SSSR count). The van der Waals surface area contributed by atoms with Gasteiger partial charge in [-0.05, 0) is 31.7 Å². The molecule has 0 aromatic carbocycles. The average Bonchev–Trinajstić information content (AvgIpc) is 2.38. The van der Waals surface area contributed by atoms with E-state index < -0.39 is 0 Å². The number of pyridine rings is 1. The normalized spacial score (nSPS) is 22.5. The molecule has 1 N–H and O–H groups in total. The van der Waals surface area contributed by atoms with Crippen LogP contribution in [-0.2, 0) is 0 Å². The van der Waals surface area contributed by atoms with E-state index in [0.29, 0.717) is 11.3 Å². The second-order valence-corrected chi connectivity index (χ2v) is 6.13. The van der Waals surface area contributed by atoms with Crippen molar-refractivity contribution < 1.29 is 0 Å². The molecule has 1 aromatic heterocycles. The van der Waals surface area contributed by atoms with Crippen LogP contribution in [0, 0.1) is 0 Å². The fraction of sp³-hybridized carbons (Fsp3) is 0.615. The van der Waals surface area contributed by atoms with Gasteiger partial charge in [-0.15, -0.1) is 0 Å². The van der Waals surface area contributed by atoms with Crippen molar-refractivity contribution in [2.45, 2.75) is 25.1 Å². The molecule has 1 aliphatic rings. The third kappa shape index (κ3) is 3.13. The fourth-order valence-corrected chi connectivity index (χ4v) is 3.08. The van der Waals surface area contributed by atoms with E-state index in [4.69, 9.17) is 0 Å². The first kappa shape index (κ1) is 12.7. The highest BCUT2D eigenvalue weighted by molar-refractivity contribution is 8.00. The van der Waals surface area contributed by atoms with Crippen molar-refractivity contribution in [2.75, 3.05) is 30.8 Å². The van der Waals surface area contributed by atoms with E-state index in [1.807, 2.05) is 25.0 Å². The first-order valence-electron chi connectivity index (χ1n) is 6.20. The van der Waals surface area contributed by atoms with Gasteiger partial charge in [-0.2, -0.15) is 11.8 Å². The molecule has 1 aliphatic heterocycles. The molecule has 1 fully saturated rings. The van der Waals surface area contributed by atoms with Crippen molar-refractivity contribution in [3.05, 3.63) is 23.9 Å². The zero-order valence-electron chi connectivity index (χ0n) is 10.8. The number of hydrogen-bond acceptors (Lipinski definition) is 4. The third-order valence-electron chi connectivity index (χ3n) is 3.27. The number of nitrogens with one attached hydrogen (secondary N) is 1. The third-order valence-corrected chi connectivity index (χ3v) is 4.40. The van der Waals surface area contributed by atoms with Crippen LogP contribution in [0.1, 0.15) is 25.5 Å². The van der Waals surface area contributed by atoms with Gasteiger partial charge in [-0.1, -0.05) is 6.92 Å². The first-order valence-corrected chi connectivity index (χ1v) is 7.25. The van der Waals surface area contributed by atoms with E-state index in [1.54, 1.807) is 0 Å². The maximum Gasteiger partial charge on any atom is 0.128 e. The van der Waals surface area contributed by atoms with Gasteiger partial charge in [0.15, 0.2) is 0 Å². The van der Waals surface area contributed by atoms with Crippen LogP contribution >= 0.6 is 11.8 Å². The van der Waals surface area contributed by atoms with Gasteiger partial charge in [-0.25, -0.2) is 4.98 Å². The molecule has 94 valence electrons. The molecule has 1 aromatic rings. The van der Waals surface area contributed by atoms with E-state index in [-0.39, 0.29) is 0 Å². The van der Waals surface area contributed by atoms with Crippen LogP contribution in [0.4, 0.5) is 5.82 Å². The van der Waals surface area contributed by atoms with Gasteiger partial charge in [0.2, 0.25) is 0 Å². The largest absolute Gasteiger partial charge is 0.355 e. The Morgan fingerprint density at radius 3 is 3.12 bits per heavy atom. The molecule has 0 aliphatic carbocycles. The van der Waals surface area contributed by atoms with E-state index in [2.05, 4.69) is 41.2 Å². The molecule has 4 heteroatoms. The molecular weight excluding hydrogens is 230 g/mol. The molecule has 0 amide bonds. The highest BCUT2D eigenvalue weighted by Crippen LogP contribution is 2.24. The van der Waals surface area contributed by atoms with Crippen molar-refractivity contribution >= 4 is 17.6 Å².